The van der Waals surface area contributed by atoms with Crippen LogP contribution in [0.5, 0.6) is 0 Å². The van der Waals surface area contributed by atoms with Gasteiger partial charge in [0.15, 0.2) is 4.90 Å². The summed E-state index contributed by atoms with van der Waals surface area (Å²) >= 11 is 0. The fourth-order valence-corrected chi connectivity index (χ4v) is 6.54. The van der Waals surface area contributed by atoms with Gasteiger partial charge in [0.1, 0.15) is 0 Å². The summed E-state index contributed by atoms with van der Waals surface area (Å²) in [6, 6.07) is 11.8. The summed E-state index contributed by atoms with van der Waals surface area (Å²) in [6.07, 6.45) is 1.89. The van der Waals surface area contributed by atoms with E-state index in [4.69, 9.17) is 0 Å². The molecule has 0 unspecified atom stereocenters. The number of benzene rings is 2. The third-order valence-corrected chi connectivity index (χ3v) is 8.99. The van der Waals surface area contributed by atoms with Crippen molar-refractivity contribution in [3.63, 3.8) is 0 Å². The first-order valence-corrected chi connectivity index (χ1v) is 12.9. The molecule has 172 valence electrons. The van der Waals surface area contributed by atoms with Crippen LogP contribution in [-0.4, -0.2) is 56.5 Å². The van der Waals surface area contributed by atoms with Crippen molar-refractivity contribution in [3.8, 4) is 0 Å². The van der Waals surface area contributed by atoms with E-state index in [1.54, 1.807) is 37.3 Å². The van der Waals surface area contributed by atoms with Crippen LogP contribution < -0.4 is 0 Å². The second-order valence-corrected chi connectivity index (χ2v) is 11.5. The molecule has 0 atom stereocenters. The minimum Gasteiger partial charge on any atom is -0.258 e. The van der Waals surface area contributed by atoms with Crippen molar-refractivity contribution >= 4 is 25.7 Å². The minimum absolute atomic E-state index is 0.00135. The van der Waals surface area contributed by atoms with Gasteiger partial charge in [0, 0.05) is 32.2 Å². The molecule has 3 rings (SSSR count). The molecular weight excluding hydrogens is 454 g/mol. The average Bonchev–Trinajstić information content (AvgIpc) is 2.84. The highest BCUT2D eigenvalue weighted by molar-refractivity contribution is 7.89. The molecule has 0 N–H and O–H groups in total. The zero-order valence-electron chi connectivity index (χ0n) is 17.8. The van der Waals surface area contributed by atoms with Gasteiger partial charge >= 0.3 is 0 Å². The molecule has 0 aliphatic carbocycles. The Hall–Kier alpha value is -2.60. The van der Waals surface area contributed by atoms with E-state index in [9.17, 15) is 26.9 Å². The van der Waals surface area contributed by atoms with E-state index < -0.39 is 30.7 Å². The van der Waals surface area contributed by atoms with Crippen LogP contribution in [0.3, 0.4) is 0 Å². The van der Waals surface area contributed by atoms with Crippen LogP contribution in [0.1, 0.15) is 18.9 Å². The Kier molecular flexibility index (Phi) is 7.13. The maximum absolute atomic E-state index is 13.2. The molecule has 32 heavy (non-hydrogen) atoms. The number of nitrogens with zero attached hydrogens (tertiary/aromatic N) is 3. The van der Waals surface area contributed by atoms with Crippen molar-refractivity contribution in [2.75, 3.05) is 26.2 Å². The Morgan fingerprint density at radius 2 is 1.50 bits per heavy atom. The molecule has 0 bridgehead atoms. The van der Waals surface area contributed by atoms with Gasteiger partial charge in [-0.15, -0.1) is 0 Å². The molecule has 1 aliphatic rings. The van der Waals surface area contributed by atoms with Gasteiger partial charge in [-0.1, -0.05) is 41.5 Å². The SMILES string of the molecule is C/C1=C/CN(S(=O)(=O)c2ccccc2[N+](=O)[O-])CCCN(S(=O)(=O)c2ccc(C)cc2)C1. The van der Waals surface area contributed by atoms with Crippen molar-refractivity contribution in [3.05, 3.63) is 75.9 Å². The second kappa shape index (κ2) is 9.49. The van der Waals surface area contributed by atoms with Gasteiger partial charge in [-0.25, -0.2) is 16.8 Å². The predicted octanol–water partition coefficient (Wildman–Crippen LogP) is 2.93. The lowest BCUT2D eigenvalue weighted by Crippen LogP contribution is -2.36. The van der Waals surface area contributed by atoms with E-state index in [1.165, 1.54) is 22.5 Å². The molecule has 0 saturated carbocycles. The first-order valence-electron chi connectivity index (χ1n) is 9.99. The Balaban J connectivity index is 1.88. The third-order valence-electron chi connectivity index (χ3n) is 5.22. The summed E-state index contributed by atoms with van der Waals surface area (Å²) in [5, 5.41) is 11.3. The summed E-state index contributed by atoms with van der Waals surface area (Å²) in [6.45, 7) is 3.88. The first-order chi connectivity index (χ1) is 15.0. The van der Waals surface area contributed by atoms with E-state index in [-0.39, 0.29) is 42.4 Å². The van der Waals surface area contributed by atoms with Crippen molar-refractivity contribution in [1.82, 2.24) is 8.61 Å². The molecular formula is C21H25N3O6S2. The normalized spacial score (nSPS) is 18.8. The van der Waals surface area contributed by atoms with Crippen LogP contribution in [-0.2, 0) is 20.0 Å². The van der Waals surface area contributed by atoms with Gasteiger partial charge < -0.3 is 0 Å². The zero-order valence-corrected chi connectivity index (χ0v) is 19.5. The lowest BCUT2D eigenvalue weighted by Gasteiger charge is -2.23. The van der Waals surface area contributed by atoms with Crippen molar-refractivity contribution in [2.24, 2.45) is 0 Å². The molecule has 0 radical (unpaired) electrons. The Morgan fingerprint density at radius 3 is 2.16 bits per heavy atom. The zero-order chi connectivity index (χ0) is 23.5. The molecule has 1 heterocycles. The molecule has 0 amide bonds. The molecule has 9 nitrogen and oxygen atoms in total. The molecule has 1 aliphatic heterocycles. The first kappa shape index (κ1) is 24.1. The van der Waals surface area contributed by atoms with E-state index in [2.05, 4.69) is 0 Å². The summed E-state index contributed by atoms with van der Waals surface area (Å²) in [7, 11) is -7.90. The largest absolute Gasteiger partial charge is 0.289 e. The fourth-order valence-electron chi connectivity index (χ4n) is 3.44. The van der Waals surface area contributed by atoms with Gasteiger partial charge in [0.2, 0.25) is 20.0 Å². The van der Waals surface area contributed by atoms with Crippen LogP contribution in [0.25, 0.3) is 0 Å². The number of hydrogen-bond acceptors (Lipinski definition) is 6. The molecule has 2 aromatic carbocycles. The van der Waals surface area contributed by atoms with Gasteiger partial charge in [-0.05, 0) is 38.5 Å². The summed E-state index contributed by atoms with van der Waals surface area (Å²) in [5.74, 6) is 0. The second-order valence-electron chi connectivity index (χ2n) is 7.64. The summed E-state index contributed by atoms with van der Waals surface area (Å²) < 4.78 is 55.1. The molecule has 0 fully saturated rings. The molecule has 0 spiro atoms. The quantitative estimate of drug-likeness (QED) is 0.370. The molecule has 2 aromatic rings. The smallest absolute Gasteiger partial charge is 0.258 e. The van der Waals surface area contributed by atoms with Crippen molar-refractivity contribution < 1.29 is 21.8 Å². The predicted molar refractivity (Wildman–Crippen MR) is 120 cm³/mol. The van der Waals surface area contributed by atoms with E-state index in [0.29, 0.717) is 5.57 Å². The summed E-state index contributed by atoms with van der Waals surface area (Å²) in [4.78, 5) is 10.4. The highest BCUT2D eigenvalue weighted by atomic mass is 32.2. The highest BCUT2D eigenvalue weighted by Gasteiger charge is 2.32. The van der Waals surface area contributed by atoms with Gasteiger partial charge in [-0.3, -0.25) is 10.1 Å². The number of hydrogen-bond donors (Lipinski definition) is 0. The maximum atomic E-state index is 13.2. The van der Waals surface area contributed by atoms with E-state index >= 15 is 0 Å². The standard InChI is InChI=1S/C21H25N3O6S2/c1-17-8-10-19(11-9-17)31(27,28)23-14-5-13-22(15-12-18(2)16-23)32(29,30)21-7-4-3-6-20(21)24(25)26/h3-4,6-12H,5,13-16H2,1-2H3/b18-12-. The van der Waals surface area contributed by atoms with Crippen LogP contribution in [0.15, 0.2) is 70.0 Å². The Labute approximate surface area is 188 Å². The number of sulfonamides is 2. The monoisotopic (exact) mass is 479 g/mol. The van der Waals surface area contributed by atoms with Crippen LogP contribution in [0, 0.1) is 17.0 Å². The van der Waals surface area contributed by atoms with Crippen LogP contribution >= 0.6 is 0 Å². The number of aryl methyl sites for hydroxylation is 1. The number of nitro groups is 1. The van der Waals surface area contributed by atoms with Crippen LogP contribution in [0.4, 0.5) is 5.69 Å². The van der Waals surface area contributed by atoms with Crippen molar-refractivity contribution in [1.29, 1.82) is 0 Å². The number of nitro benzene ring substituents is 1. The summed E-state index contributed by atoms with van der Waals surface area (Å²) in [5.41, 5.74) is 1.14. The lowest BCUT2D eigenvalue weighted by atomic mass is 10.2. The number of rotatable bonds is 5. The van der Waals surface area contributed by atoms with Crippen molar-refractivity contribution in [2.45, 2.75) is 30.1 Å². The van der Waals surface area contributed by atoms with Gasteiger partial charge in [0.05, 0.1) is 9.82 Å². The molecule has 0 aromatic heterocycles. The topological polar surface area (TPSA) is 118 Å². The van der Waals surface area contributed by atoms with Crippen LogP contribution in [0.2, 0.25) is 0 Å². The average molecular weight is 480 g/mol. The minimum atomic E-state index is -4.15. The highest BCUT2D eigenvalue weighted by Crippen LogP contribution is 2.27. The lowest BCUT2D eigenvalue weighted by molar-refractivity contribution is -0.387. The van der Waals surface area contributed by atoms with E-state index in [0.717, 1.165) is 15.9 Å². The molecule has 11 heteroatoms. The van der Waals surface area contributed by atoms with Gasteiger partial charge in [0.25, 0.3) is 5.69 Å². The maximum Gasteiger partial charge on any atom is 0.289 e. The fraction of sp³-hybridized carbons (Fsp3) is 0.333. The van der Waals surface area contributed by atoms with E-state index in [1.807, 2.05) is 6.92 Å². The molecule has 0 saturated heterocycles. The van der Waals surface area contributed by atoms with Gasteiger partial charge in [-0.2, -0.15) is 8.61 Å². The Morgan fingerprint density at radius 1 is 0.875 bits per heavy atom. The third kappa shape index (κ3) is 5.07. The number of para-hydroxylation sites is 1. The Bertz CT molecular complexity index is 1240.